The Morgan fingerprint density at radius 3 is 2.50 bits per heavy atom. The van der Waals surface area contributed by atoms with E-state index in [1.807, 2.05) is 0 Å². The Hall–Kier alpha value is -1.84. The molecule has 0 spiro atoms. The molecule has 1 aliphatic rings. The summed E-state index contributed by atoms with van der Waals surface area (Å²) in [6.45, 7) is 2.10. The number of para-hydroxylation sites is 2. The fraction of sp³-hybridized carbons (Fsp3) is 0.368. The van der Waals surface area contributed by atoms with Crippen LogP contribution in [0.4, 0.5) is 11.4 Å². The number of fused-ring (bicyclic) bond motifs is 2. The van der Waals surface area contributed by atoms with Crippen molar-refractivity contribution in [2.45, 2.75) is 18.9 Å². The van der Waals surface area contributed by atoms with Gasteiger partial charge < -0.3 is 15.5 Å². The van der Waals surface area contributed by atoms with Crippen molar-refractivity contribution in [3.05, 3.63) is 59.7 Å². The molecule has 2 aromatic rings. The maximum Gasteiger partial charge on any atom is 0.0459 e. The first kappa shape index (κ1) is 15.1. The molecule has 0 saturated heterocycles. The van der Waals surface area contributed by atoms with Gasteiger partial charge in [0.2, 0.25) is 0 Å². The number of nitrogens with two attached hydrogens (primary N) is 1. The van der Waals surface area contributed by atoms with E-state index in [4.69, 9.17) is 5.73 Å². The molecule has 1 atom stereocenters. The summed E-state index contributed by atoms with van der Waals surface area (Å²) in [7, 11) is 4.25. The van der Waals surface area contributed by atoms with Crippen LogP contribution >= 0.6 is 0 Å². The number of hydrogen-bond acceptors (Lipinski definition) is 3. The molecule has 0 fully saturated rings. The minimum atomic E-state index is 0.0659. The van der Waals surface area contributed by atoms with Crippen LogP contribution in [0.3, 0.4) is 0 Å². The molecule has 0 aliphatic carbocycles. The maximum absolute atomic E-state index is 6.47. The zero-order valence-corrected chi connectivity index (χ0v) is 13.5. The SMILES string of the molecule is CN(C)CCCN1c2ccccc2CC(N)c2ccccc21. The minimum absolute atomic E-state index is 0.0659. The second-order valence-corrected chi connectivity index (χ2v) is 6.31. The van der Waals surface area contributed by atoms with E-state index in [1.165, 1.54) is 22.5 Å². The van der Waals surface area contributed by atoms with Crippen molar-refractivity contribution in [1.29, 1.82) is 0 Å². The van der Waals surface area contributed by atoms with Crippen LogP contribution in [0, 0.1) is 0 Å². The maximum atomic E-state index is 6.47. The lowest BCUT2D eigenvalue weighted by atomic mass is 10.00. The summed E-state index contributed by atoms with van der Waals surface area (Å²) >= 11 is 0. The van der Waals surface area contributed by atoms with E-state index < -0.39 is 0 Å². The minimum Gasteiger partial charge on any atom is -0.341 e. The van der Waals surface area contributed by atoms with Crippen molar-refractivity contribution < 1.29 is 0 Å². The van der Waals surface area contributed by atoms with Crippen molar-refractivity contribution in [2.24, 2.45) is 5.73 Å². The van der Waals surface area contributed by atoms with E-state index in [9.17, 15) is 0 Å². The predicted octanol–water partition coefficient (Wildman–Crippen LogP) is 3.33. The molecular formula is C19H25N3. The topological polar surface area (TPSA) is 32.5 Å². The fourth-order valence-corrected chi connectivity index (χ4v) is 3.26. The van der Waals surface area contributed by atoms with E-state index in [2.05, 4.69) is 72.4 Å². The third-order valence-electron chi connectivity index (χ3n) is 4.34. The zero-order chi connectivity index (χ0) is 15.5. The molecule has 0 radical (unpaired) electrons. The molecule has 3 heteroatoms. The summed E-state index contributed by atoms with van der Waals surface area (Å²) in [5.41, 5.74) is 11.6. The fourth-order valence-electron chi connectivity index (χ4n) is 3.26. The van der Waals surface area contributed by atoms with E-state index in [0.29, 0.717) is 0 Å². The summed E-state index contributed by atoms with van der Waals surface area (Å²) in [5, 5.41) is 0. The first-order valence-corrected chi connectivity index (χ1v) is 8.01. The van der Waals surface area contributed by atoms with Crippen molar-refractivity contribution in [3.63, 3.8) is 0 Å². The van der Waals surface area contributed by atoms with Crippen LogP contribution in [0.15, 0.2) is 48.5 Å². The summed E-state index contributed by atoms with van der Waals surface area (Å²) in [5.74, 6) is 0. The van der Waals surface area contributed by atoms with Crippen LogP contribution in [0.25, 0.3) is 0 Å². The van der Waals surface area contributed by atoms with Gasteiger partial charge in [-0.1, -0.05) is 36.4 Å². The van der Waals surface area contributed by atoms with Crippen molar-refractivity contribution in [3.8, 4) is 0 Å². The van der Waals surface area contributed by atoms with Gasteiger partial charge in [-0.05, 0) is 56.7 Å². The van der Waals surface area contributed by atoms with Crippen LogP contribution < -0.4 is 10.6 Å². The van der Waals surface area contributed by atoms with Crippen LogP contribution in [-0.2, 0) is 6.42 Å². The van der Waals surface area contributed by atoms with Gasteiger partial charge in [-0.2, -0.15) is 0 Å². The van der Waals surface area contributed by atoms with Crippen LogP contribution in [0.2, 0.25) is 0 Å². The third-order valence-corrected chi connectivity index (χ3v) is 4.34. The lowest BCUT2D eigenvalue weighted by molar-refractivity contribution is 0.402. The Morgan fingerprint density at radius 1 is 1.05 bits per heavy atom. The first-order valence-electron chi connectivity index (χ1n) is 8.01. The Bertz CT molecular complexity index is 636. The highest BCUT2D eigenvalue weighted by Crippen LogP contribution is 2.38. The summed E-state index contributed by atoms with van der Waals surface area (Å²) < 4.78 is 0. The van der Waals surface area contributed by atoms with Gasteiger partial charge in [0, 0.05) is 24.0 Å². The Labute approximate surface area is 133 Å². The van der Waals surface area contributed by atoms with Crippen molar-refractivity contribution in [1.82, 2.24) is 4.90 Å². The number of anilines is 2. The van der Waals surface area contributed by atoms with E-state index >= 15 is 0 Å². The molecule has 2 aromatic carbocycles. The highest BCUT2D eigenvalue weighted by atomic mass is 15.2. The van der Waals surface area contributed by atoms with E-state index in [1.54, 1.807) is 0 Å². The van der Waals surface area contributed by atoms with Gasteiger partial charge in [-0.25, -0.2) is 0 Å². The molecule has 3 nitrogen and oxygen atoms in total. The third kappa shape index (κ3) is 3.01. The monoisotopic (exact) mass is 295 g/mol. The quantitative estimate of drug-likeness (QED) is 0.939. The Balaban J connectivity index is 2.00. The Morgan fingerprint density at radius 2 is 1.73 bits per heavy atom. The molecule has 0 bridgehead atoms. The molecule has 22 heavy (non-hydrogen) atoms. The summed E-state index contributed by atoms with van der Waals surface area (Å²) in [4.78, 5) is 4.68. The van der Waals surface area contributed by atoms with Crippen LogP contribution in [0.5, 0.6) is 0 Å². The van der Waals surface area contributed by atoms with Gasteiger partial charge in [0.05, 0.1) is 0 Å². The molecule has 1 aliphatic heterocycles. The molecule has 1 heterocycles. The number of benzene rings is 2. The molecular weight excluding hydrogens is 270 g/mol. The second kappa shape index (κ2) is 6.51. The van der Waals surface area contributed by atoms with Crippen LogP contribution in [0.1, 0.15) is 23.6 Å². The summed E-state index contributed by atoms with van der Waals surface area (Å²) in [6, 6.07) is 17.3. The highest BCUT2D eigenvalue weighted by Gasteiger charge is 2.23. The van der Waals surface area contributed by atoms with Gasteiger partial charge in [0.25, 0.3) is 0 Å². The van der Waals surface area contributed by atoms with E-state index in [-0.39, 0.29) is 6.04 Å². The molecule has 2 N–H and O–H groups in total. The van der Waals surface area contributed by atoms with E-state index in [0.717, 1.165) is 25.9 Å². The molecule has 3 rings (SSSR count). The molecule has 1 unspecified atom stereocenters. The number of rotatable bonds is 4. The largest absolute Gasteiger partial charge is 0.341 e. The Kier molecular flexibility index (Phi) is 4.46. The van der Waals surface area contributed by atoms with Crippen LogP contribution in [-0.4, -0.2) is 32.1 Å². The number of hydrogen-bond donors (Lipinski definition) is 1. The smallest absolute Gasteiger partial charge is 0.0459 e. The normalized spacial score (nSPS) is 17.1. The first-order chi connectivity index (χ1) is 10.7. The standard InChI is InChI=1S/C19H25N3/c1-21(2)12-7-13-22-18-10-5-3-8-15(18)14-17(20)16-9-4-6-11-19(16)22/h3-6,8-11,17H,7,12-14,20H2,1-2H3. The number of nitrogens with zero attached hydrogens (tertiary/aromatic N) is 2. The van der Waals surface area contributed by atoms with Gasteiger partial charge in [-0.15, -0.1) is 0 Å². The summed E-state index contributed by atoms with van der Waals surface area (Å²) in [6.07, 6.45) is 2.03. The highest BCUT2D eigenvalue weighted by molar-refractivity contribution is 5.71. The molecule has 0 amide bonds. The zero-order valence-electron chi connectivity index (χ0n) is 13.5. The van der Waals surface area contributed by atoms with Gasteiger partial charge in [0.15, 0.2) is 0 Å². The van der Waals surface area contributed by atoms with Crippen molar-refractivity contribution in [2.75, 3.05) is 32.1 Å². The second-order valence-electron chi connectivity index (χ2n) is 6.31. The van der Waals surface area contributed by atoms with Gasteiger partial charge >= 0.3 is 0 Å². The van der Waals surface area contributed by atoms with Crippen molar-refractivity contribution >= 4 is 11.4 Å². The molecule has 0 saturated carbocycles. The lowest BCUT2D eigenvalue weighted by Gasteiger charge is -2.27. The lowest BCUT2D eigenvalue weighted by Crippen LogP contribution is -2.24. The average Bonchev–Trinajstić information content (AvgIpc) is 2.63. The molecule has 116 valence electrons. The predicted molar refractivity (Wildman–Crippen MR) is 93.7 cm³/mol. The van der Waals surface area contributed by atoms with Gasteiger partial charge in [-0.3, -0.25) is 0 Å². The molecule has 0 aromatic heterocycles. The average molecular weight is 295 g/mol. The van der Waals surface area contributed by atoms with Gasteiger partial charge in [0.1, 0.15) is 0 Å².